The summed E-state index contributed by atoms with van der Waals surface area (Å²) in [4.78, 5) is 8.68. The van der Waals surface area contributed by atoms with Crippen molar-refractivity contribution in [1.82, 2.24) is 19.7 Å². The molecule has 2 saturated carbocycles. The highest BCUT2D eigenvalue weighted by Gasteiger charge is 2.24. The third kappa shape index (κ3) is 3.80. The molecule has 0 aliphatic heterocycles. The van der Waals surface area contributed by atoms with Crippen LogP contribution in [0.1, 0.15) is 31.7 Å². The van der Waals surface area contributed by atoms with Gasteiger partial charge in [-0.2, -0.15) is 5.10 Å². The minimum absolute atomic E-state index is 0.256. The van der Waals surface area contributed by atoms with Crippen LogP contribution in [0.5, 0.6) is 5.75 Å². The van der Waals surface area contributed by atoms with Gasteiger partial charge in [0.15, 0.2) is 11.6 Å². The van der Waals surface area contributed by atoms with Crippen LogP contribution in [0.25, 0.3) is 11.3 Å². The lowest BCUT2D eigenvalue weighted by molar-refractivity contribution is 0.285. The minimum Gasteiger partial charge on any atom is -0.490 e. The Kier molecular flexibility index (Phi) is 4.39. The smallest absolute Gasteiger partial charge is 0.227 e. The predicted molar refractivity (Wildman–Crippen MR) is 104 cm³/mol. The van der Waals surface area contributed by atoms with Crippen molar-refractivity contribution in [1.29, 1.82) is 0 Å². The van der Waals surface area contributed by atoms with Gasteiger partial charge in [-0.25, -0.2) is 14.4 Å². The molecule has 1 aromatic carbocycles. The Labute approximate surface area is 166 Å². The fourth-order valence-corrected chi connectivity index (χ4v) is 3.16. The number of halogens is 2. The summed E-state index contributed by atoms with van der Waals surface area (Å²) in [6, 6.07) is 5.28. The maximum atomic E-state index is 14.4. The number of ether oxygens (including phenoxy) is 1. The molecule has 2 aliphatic rings. The van der Waals surface area contributed by atoms with Crippen molar-refractivity contribution in [3.8, 4) is 17.0 Å². The third-order valence-corrected chi connectivity index (χ3v) is 5.18. The predicted octanol–water partition coefficient (Wildman–Crippen LogP) is 5.00. The zero-order chi connectivity index (χ0) is 19.1. The van der Waals surface area contributed by atoms with E-state index in [-0.39, 0.29) is 5.75 Å². The summed E-state index contributed by atoms with van der Waals surface area (Å²) < 4.78 is 21.9. The lowest BCUT2D eigenvalue weighted by Gasteiger charge is -2.10. The quantitative estimate of drug-likeness (QED) is 0.605. The lowest BCUT2D eigenvalue weighted by atomic mass is 10.1. The Morgan fingerprint density at radius 1 is 1.21 bits per heavy atom. The van der Waals surface area contributed by atoms with Crippen molar-refractivity contribution in [2.24, 2.45) is 5.92 Å². The van der Waals surface area contributed by atoms with E-state index in [0.717, 1.165) is 31.4 Å². The zero-order valence-corrected chi connectivity index (χ0v) is 15.9. The molecule has 0 amide bonds. The molecular formula is C20H19ClFN5O. The number of hydrogen-bond donors (Lipinski definition) is 1. The molecule has 2 aromatic heterocycles. The molecule has 6 nitrogen and oxygen atoms in total. The van der Waals surface area contributed by atoms with E-state index < -0.39 is 5.82 Å². The molecule has 5 rings (SSSR count). The van der Waals surface area contributed by atoms with Crippen LogP contribution in [-0.4, -0.2) is 26.4 Å². The Hall–Kier alpha value is -2.67. The maximum absolute atomic E-state index is 14.4. The van der Waals surface area contributed by atoms with Crippen molar-refractivity contribution >= 4 is 23.2 Å². The van der Waals surface area contributed by atoms with Gasteiger partial charge in [0.1, 0.15) is 0 Å². The molecule has 8 heteroatoms. The first-order valence-corrected chi connectivity index (χ1v) is 9.80. The van der Waals surface area contributed by atoms with Crippen LogP contribution in [-0.2, 0) is 0 Å². The van der Waals surface area contributed by atoms with E-state index >= 15 is 0 Å². The standard InChI is InChI=1S/C20H19ClFN5O/c21-16-9-23-20(25-14-8-24-27(10-14)15-4-5-15)26-19(16)13-3-6-18(17(22)7-13)28-11-12-1-2-12/h3,6-10,12,15H,1-2,4-5,11H2,(H,23,25,26). The number of aromatic nitrogens is 4. The van der Waals surface area contributed by atoms with Crippen LogP contribution < -0.4 is 10.1 Å². The van der Waals surface area contributed by atoms with E-state index in [9.17, 15) is 4.39 Å². The summed E-state index contributed by atoms with van der Waals surface area (Å²) in [6.07, 6.45) is 9.82. The fraction of sp³-hybridized carbons (Fsp3) is 0.350. The molecule has 2 heterocycles. The number of benzene rings is 1. The van der Waals surface area contributed by atoms with E-state index in [4.69, 9.17) is 16.3 Å². The molecule has 2 fully saturated rings. The SMILES string of the molecule is Fc1cc(-c2nc(Nc3cnn(C4CC4)c3)ncc2Cl)ccc1OCC1CC1. The molecule has 0 spiro atoms. The van der Waals surface area contributed by atoms with Crippen LogP contribution >= 0.6 is 11.6 Å². The fourth-order valence-electron chi connectivity index (χ4n) is 2.96. The van der Waals surface area contributed by atoms with Crippen LogP contribution in [0, 0.1) is 11.7 Å². The third-order valence-electron chi connectivity index (χ3n) is 4.90. The van der Waals surface area contributed by atoms with Gasteiger partial charge in [0.2, 0.25) is 5.95 Å². The summed E-state index contributed by atoms with van der Waals surface area (Å²) >= 11 is 6.27. The molecule has 2 aliphatic carbocycles. The Morgan fingerprint density at radius 2 is 2.07 bits per heavy atom. The van der Waals surface area contributed by atoms with E-state index in [1.807, 2.05) is 10.9 Å². The van der Waals surface area contributed by atoms with Gasteiger partial charge in [-0.1, -0.05) is 11.6 Å². The van der Waals surface area contributed by atoms with E-state index in [1.165, 1.54) is 12.3 Å². The van der Waals surface area contributed by atoms with Crippen molar-refractivity contribution in [3.63, 3.8) is 0 Å². The number of nitrogens with zero attached hydrogens (tertiary/aromatic N) is 4. The highest BCUT2D eigenvalue weighted by molar-refractivity contribution is 6.32. The van der Waals surface area contributed by atoms with Crippen molar-refractivity contribution in [2.45, 2.75) is 31.7 Å². The van der Waals surface area contributed by atoms with Gasteiger partial charge >= 0.3 is 0 Å². The zero-order valence-electron chi connectivity index (χ0n) is 15.1. The number of hydrogen-bond acceptors (Lipinski definition) is 5. The highest BCUT2D eigenvalue weighted by Crippen LogP contribution is 2.35. The van der Waals surface area contributed by atoms with Crippen molar-refractivity contribution in [3.05, 3.63) is 47.6 Å². The molecule has 144 valence electrons. The van der Waals surface area contributed by atoms with Gasteiger partial charge in [-0.3, -0.25) is 4.68 Å². The van der Waals surface area contributed by atoms with Crippen molar-refractivity contribution < 1.29 is 9.13 Å². The second kappa shape index (κ2) is 7.05. The van der Waals surface area contributed by atoms with Gasteiger partial charge in [0.05, 0.1) is 41.4 Å². The van der Waals surface area contributed by atoms with Gasteiger partial charge in [-0.05, 0) is 49.8 Å². The van der Waals surface area contributed by atoms with E-state index in [2.05, 4.69) is 20.4 Å². The van der Waals surface area contributed by atoms with E-state index in [1.54, 1.807) is 18.3 Å². The summed E-state index contributed by atoms with van der Waals surface area (Å²) in [6.45, 7) is 0.563. The molecule has 28 heavy (non-hydrogen) atoms. The minimum atomic E-state index is -0.423. The molecule has 1 N–H and O–H groups in total. The van der Waals surface area contributed by atoms with Crippen LogP contribution in [0.3, 0.4) is 0 Å². The molecular weight excluding hydrogens is 381 g/mol. The highest BCUT2D eigenvalue weighted by atomic mass is 35.5. The first kappa shape index (κ1) is 17.4. The molecule has 0 saturated heterocycles. The number of rotatable bonds is 7. The molecule has 3 aromatic rings. The van der Waals surface area contributed by atoms with Gasteiger partial charge < -0.3 is 10.1 Å². The number of anilines is 2. The summed E-state index contributed by atoms with van der Waals surface area (Å²) in [5.74, 6) is 0.775. The molecule has 0 unspecified atom stereocenters. The van der Waals surface area contributed by atoms with Crippen LogP contribution in [0.15, 0.2) is 36.8 Å². The maximum Gasteiger partial charge on any atom is 0.227 e. The second-order valence-corrected chi connectivity index (χ2v) is 7.76. The monoisotopic (exact) mass is 399 g/mol. The average Bonchev–Trinajstić information content (AvgIpc) is 3.62. The van der Waals surface area contributed by atoms with Crippen LogP contribution in [0.2, 0.25) is 5.02 Å². The Morgan fingerprint density at radius 3 is 2.82 bits per heavy atom. The molecule has 0 bridgehead atoms. The first-order chi connectivity index (χ1) is 13.7. The summed E-state index contributed by atoms with van der Waals surface area (Å²) in [5.41, 5.74) is 1.83. The molecule has 0 radical (unpaired) electrons. The average molecular weight is 400 g/mol. The normalized spacial score (nSPS) is 16.2. The lowest BCUT2D eigenvalue weighted by Crippen LogP contribution is -2.01. The topological polar surface area (TPSA) is 64.9 Å². The largest absolute Gasteiger partial charge is 0.490 e. The first-order valence-electron chi connectivity index (χ1n) is 9.42. The Balaban J connectivity index is 1.36. The van der Waals surface area contributed by atoms with Crippen LogP contribution in [0.4, 0.5) is 16.0 Å². The summed E-state index contributed by atoms with van der Waals surface area (Å²) in [5, 5.41) is 7.82. The van der Waals surface area contributed by atoms with E-state index in [0.29, 0.717) is 40.8 Å². The van der Waals surface area contributed by atoms with Gasteiger partial charge in [0.25, 0.3) is 0 Å². The Bertz CT molecular complexity index is 1020. The molecule has 0 atom stereocenters. The number of nitrogens with one attached hydrogen (secondary N) is 1. The van der Waals surface area contributed by atoms with Gasteiger partial charge in [0, 0.05) is 11.8 Å². The second-order valence-electron chi connectivity index (χ2n) is 7.35. The summed E-state index contributed by atoms with van der Waals surface area (Å²) in [7, 11) is 0. The van der Waals surface area contributed by atoms with Gasteiger partial charge in [-0.15, -0.1) is 0 Å². The van der Waals surface area contributed by atoms with Crippen molar-refractivity contribution in [2.75, 3.05) is 11.9 Å².